The van der Waals surface area contributed by atoms with Crippen molar-refractivity contribution < 1.29 is 99.1 Å². The van der Waals surface area contributed by atoms with Crippen molar-refractivity contribution in [2.45, 2.75) is 119 Å². The highest BCUT2D eigenvalue weighted by molar-refractivity contribution is 8.08. The van der Waals surface area contributed by atoms with Gasteiger partial charge in [-0.05, 0) is 197 Å². The number of piperazine rings is 1. The van der Waals surface area contributed by atoms with Crippen LogP contribution in [0.1, 0.15) is 131 Å². The van der Waals surface area contributed by atoms with E-state index in [2.05, 4.69) is 41.8 Å². The van der Waals surface area contributed by atoms with Crippen LogP contribution in [0.4, 0.5) is 56.0 Å². The minimum Gasteiger partial charge on any atom is -0.488 e. The van der Waals surface area contributed by atoms with E-state index in [0.717, 1.165) is 59.0 Å². The molecular weight excluding hydrogens is 1810 g/mol. The Bertz CT molecular complexity index is 5910. The predicted molar refractivity (Wildman–Crippen MR) is 504 cm³/mol. The summed E-state index contributed by atoms with van der Waals surface area (Å²) in [4.78, 5) is 178. The van der Waals surface area contributed by atoms with Crippen LogP contribution in [0.3, 0.4) is 0 Å². The van der Waals surface area contributed by atoms with Crippen molar-refractivity contribution >= 4 is 157 Å². The average Bonchev–Trinajstić information content (AvgIpc) is 1.59. The van der Waals surface area contributed by atoms with E-state index in [1.165, 1.54) is 30.3 Å². The Labute approximate surface area is 789 Å². The van der Waals surface area contributed by atoms with Crippen molar-refractivity contribution in [2.75, 3.05) is 137 Å². The van der Waals surface area contributed by atoms with Gasteiger partial charge in [0, 0.05) is 150 Å². The zero-order valence-corrected chi connectivity index (χ0v) is 77.7. The topological polar surface area (TPSA) is 394 Å². The summed E-state index contributed by atoms with van der Waals surface area (Å²) in [5, 5.41) is 18.5. The van der Waals surface area contributed by atoms with Gasteiger partial charge in [-0.25, -0.2) is 19.3 Å². The lowest BCUT2D eigenvalue weighted by Gasteiger charge is -2.31. The second-order valence-corrected chi connectivity index (χ2v) is 37.2. The Hall–Kier alpha value is -13.0. The van der Waals surface area contributed by atoms with Crippen molar-refractivity contribution in [2.24, 2.45) is 11.7 Å². The number of aromatic amines is 1. The van der Waals surface area contributed by atoms with Gasteiger partial charge >= 0.3 is 24.4 Å². The molecule has 0 spiro atoms. The van der Waals surface area contributed by atoms with Gasteiger partial charge in [-0.2, -0.15) is 13.2 Å². The lowest BCUT2D eigenvalue weighted by Crippen LogP contribution is -2.55. The number of nitrogens with one attached hydrogen (secondary N) is 7. The Kier molecular flexibility index (Phi) is 31.3. The average molecular weight is 1910 g/mol. The molecule has 8 aromatic carbocycles. The van der Waals surface area contributed by atoms with Crippen LogP contribution < -0.4 is 56.9 Å². The van der Waals surface area contributed by atoms with Gasteiger partial charge in [0.2, 0.25) is 17.7 Å². The van der Waals surface area contributed by atoms with Gasteiger partial charge in [-0.3, -0.25) is 48.5 Å². The molecule has 9 aromatic rings. The molecule has 3 saturated heterocycles. The predicted octanol–water partition coefficient (Wildman–Crippen LogP) is 14.1. The van der Waals surface area contributed by atoms with Crippen LogP contribution in [0.2, 0.25) is 0 Å². The maximum Gasteiger partial charge on any atom is 0.418 e. The first-order valence-electron chi connectivity index (χ1n) is 44.1. The maximum atomic E-state index is 15.5. The number of nitrogens with zero attached hydrogens (tertiary/aromatic N) is 6. The van der Waals surface area contributed by atoms with Crippen LogP contribution in [0.5, 0.6) is 11.5 Å². The number of primary amides is 1. The largest absolute Gasteiger partial charge is 0.488 e. The quantitative estimate of drug-likeness (QED) is 0.0108. The van der Waals surface area contributed by atoms with Crippen LogP contribution in [-0.4, -0.2) is 231 Å². The molecule has 0 bridgehead atoms. The Morgan fingerprint density at radius 1 is 0.615 bits per heavy atom. The number of rotatable bonds is 33. The number of imide groups is 1. The smallest absolute Gasteiger partial charge is 0.418 e. The van der Waals surface area contributed by atoms with Crippen molar-refractivity contribution in [3.63, 3.8) is 0 Å². The molecule has 3 fully saturated rings. The minimum absolute atomic E-state index is 0.00901. The summed E-state index contributed by atoms with van der Waals surface area (Å²) >= 11 is 8.29. The van der Waals surface area contributed by atoms with Crippen LogP contribution in [0.15, 0.2) is 189 Å². The zero-order chi connectivity index (χ0) is 96.2. The molecule has 0 aliphatic carbocycles. The number of carbonyl (C=O) groups is 12. The molecule has 3 atom stereocenters. The first kappa shape index (κ1) is 98.0. The molecule has 0 saturated carbocycles. The number of hydrogen-bond donors (Lipinski definition) is 8. The number of nitrogens with two attached hydrogens (primary N) is 1. The number of carbonyl (C=O) groups excluding carboxylic acids is 12. The molecule has 13 amide bonds. The number of alkyl halides is 4. The molecule has 710 valence electrons. The molecule has 0 radical (unpaired) electrons. The number of benzene rings is 8. The monoisotopic (exact) mass is 1910 g/mol. The summed E-state index contributed by atoms with van der Waals surface area (Å²) in [5.74, 6) is -5.70. The maximum absolute atomic E-state index is 15.5. The molecule has 1 aromatic heterocycles. The zero-order valence-electron chi connectivity index (χ0n) is 75.3. The Balaban J connectivity index is 0.541. The fourth-order valence-electron chi connectivity index (χ4n) is 16.1. The van der Waals surface area contributed by atoms with Gasteiger partial charge in [0.05, 0.1) is 71.8 Å². The fourth-order valence-corrected chi connectivity index (χ4v) is 18.3. The van der Waals surface area contributed by atoms with E-state index in [9.17, 15) is 57.5 Å². The van der Waals surface area contributed by atoms with Crippen LogP contribution in [-0.2, 0) is 55.7 Å². The van der Waals surface area contributed by atoms with Gasteiger partial charge in [0.15, 0.2) is 0 Å². The third kappa shape index (κ3) is 24.6. The number of amides is 13. The third-order valence-electron chi connectivity index (χ3n) is 23.4. The molecule has 32 nitrogen and oxygen atoms in total. The van der Waals surface area contributed by atoms with Gasteiger partial charge < -0.3 is 90.2 Å². The number of hydrogen-bond acceptors (Lipinski definition) is 21. The molecule has 5 aliphatic rings. The summed E-state index contributed by atoms with van der Waals surface area (Å²) in [6, 6.07) is 41.0. The van der Waals surface area contributed by atoms with Gasteiger partial charge in [0.1, 0.15) is 41.5 Å². The number of ether oxygens (including phenoxy) is 6. The lowest BCUT2D eigenvalue weighted by atomic mass is 9.95. The second kappa shape index (κ2) is 43.1. The van der Waals surface area contributed by atoms with Crippen molar-refractivity contribution in [3.05, 3.63) is 219 Å². The molecule has 5 aliphatic heterocycles. The highest BCUT2D eigenvalue weighted by atomic mass is 35.5. The van der Waals surface area contributed by atoms with Gasteiger partial charge in [-0.1, -0.05) is 73.8 Å². The molecule has 6 heterocycles. The molecule has 135 heavy (non-hydrogen) atoms. The number of fused-ring (bicyclic) bond motifs is 4. The summed E-state index contributed by atoms with van der Waals surface area (Å²) in [7, 11) is 2.00. The van der Waals surface area contributed by atoms with Gasteiger partial charge in [-0.15, -0.1) is 11.6 Å². The standard InChI is InChI=1S/C97H104ClF3N14O18S2/c1-57(2)81(109-79(116)53-96(5,6)131-44-34-95(3,4)133-67-27-33-76(72(51-67)97(99,100)101)115-90(123)82(134-68-28-18-60(19-29-68)87(120)111-40-45-128-46-41-111)83(91(115)124)135-69-30-20-61(21-31-69)88(121)112-42-47-129-48-43-112)86(119)108-74(13-10-35-103-92(102)125)85(118)104-64-22-14-58(15-23-64)56-130-93(126)106-65-24-16-59(17-25-65)84(117)105-66-26-32-73-62(49-66)50-75(107-73)89(122)114-55-63(54-98)80-71-12-9-8-11-70(71)78(52-77(80)114)132-94(127)113-38-36-110(7)37-39-113/h8-9,11-12,14-33,49-52,57,63,74,81,107H,10,13,34-48,53-56H2,1-7H3,(H,104,118)(H,105,117)(H,106,126)(H,108,119)(H,109,116)(H3,102,103,125)/t63-,74+,81+/m1/s1. The van der Waals surface area contributed by atoms with Crippen LogP contribution in [0.25, 0.3) is 21.7 Å². The molecule has 0 unspecified atom stereocenters. The number of urea groups is 1. The van der Waals surface area contributed by atoms with Crippen LogP contribution >= 0.6 is 35.1 Å². The summed E-state index contributed by atoms with van der Waals surface area (Å²) in [6.45, 7) is 15.5. The van der Waals surface area contributed by atoms with Crippen LogP contribution in [0, 0.1) is 5.92 Å². The van der Waals surface area contributed by atoms with E-state index in [4.69, 9.17) is 45.8 Å². The highest BCUT2D eigenvalue weighted by Gasteiger charge is 2.47. The number of anilines is 5. The molecule has 14 rings (SSSR count). The molecule has 9 N–H and O–H groups in total. The number of aromatic nitrogens is 1. The SMILES string of the molecule is CC(C)[C@H](NC(=O)CC(C)(C)OCCC(C)(C)Oc1ccc(N2C(=O)C(Sc3ccc(C(=O)N4CCOCC4)cc3)=C(Sc3ccc(C(=O)N4CCOCC4)cc3)C2=O)c(C(F)(F)F)c1)C(=O)N[C@@H](CCCNC(N)=O)C(=O)Nc1ccc(COC(=O)Nc2ccc(C(=O)Nc3ccc4[nH]c(C(=O)N5C[C@@H](CCl)c6c5cc(OC(=O)N5CCN(C)CC5)c5ccccc65)cc4c3)cc2)cc1. The highest BCUT2D eigenvalue weighted by Crippen LogP contribution is 2.50. The first-order valence-corrected chi connectivity index (χ1v) is 46.3. The van der Waals surface area contributed by atoms with E-state index < -0.39 is 100 Å². The molecule has 38 heteroatoms. The number of thioether (sulfide) groups is 2. The first-order chi connectivity index (χ1) is 64.5. The number of H-pyrrole nitrogens is 1. The minimum atomic E-state index is -5.14. The van der Waals surface area contributed by atoms with Crippen molar-refractivity contribution in [1.82, 2.24) is 40.5 Å². The Morgan fingerprint density at radius 3 is 1.79 bits per heavy atom. The van der Waals surface area contributed by atoms with E-state index in [0.29, 0.717) is 155 Å². The second-order valence-electron chi connectivity index (χ2n) is 34.7. The molecular formula is C97H104ClF3N14O18S2. The normalized spacial score (nSPS) is 16.0. The summed E-state index contributed by atoms with van der Waals surface area (Å²) in [5.41, 5.74) is 5.74. The van der Waals surface area contributed by atoms with E-state index in [-0.39, 0.29) is 96.1 Å². The van der Waals surface area contributed by atoms with E-state index >= 15 is 13.2 Å². The Morgan fingerprint density at radius 2 is 1.20 bits per heavy atom. The van der Waals surface area contributed by atoms with E-state index in [1.807, 2.05) is 31.3 Å². The number of morpholine rings is 2. The number of likely N-dealkylation sites (N-methyl/N-ethyl adjacent to an activating group) is 1. The van der Waals surface area contributed by atoms with Gasteiger partial charge in [0.25, 0.3) is 35.4 Å². The van der Waals surface area contributed by atoms with Crippen molar-refractivity contribution in [1.29, 1.82) is 0 Å². The fraction of sp³-hybridized carbons (Fsp3) is 0.361. The third-order valence-corrected chi connectivity index (χ3v) is 26.1. The van der Waals surface area contributed by atoms with E-state index in [1.54, 1.807) is 164 Å². The number of halogens is 4. The summed E-state index contributed by atoms with van der Waals surface area (Å²) in [6.07, 6.45) is -6.46. The van der Waals surface area contributed by atoms with Crippen molar-refractivity contribution in [3.8, 4) is 11.5 Å². The lowest BCUT2D eigenvalue weighted by molar-refractivity contribution is -0.137. The summed E-state index contributed by atoms with van der Waals surface area (Å²) < 4.78 is 81.1.